The number of alkyl halides is 3. The topological polar surface area (TPSA) is 87.3 Å². The lowest BCUT2D eigenvalue weighted by molar-refractivity contribution is -0.274. The maximum absolute atomic E-state index is 12.0. The third kappa shape index (κ3) is 3.28. The minimum Gasteiger partial charge on any atom is -0.404 e. The van der Waals surface area contributed by atoms with Crippen LogP contribution in [-0.4, -0.2) is 12.9 Å². The summed E-state index contributed by atoms with van der Waals surface area (Å²) in [4.78, 5) is 0. The number of nitrogens with two attached hydrogens (primary N) is 3. The van der Waals surface area contributed by atoms with Gasteiger partial charge in [-0.25, -0.2) is 0 Å². The van der Waals surface area contributed by atoms with Gasteiger partial charge in [0.1, 0.15) is 0 Å². The zero-order chi connectivity index (χ0) is 12.3. The summed E-state index contributed by atoms with van der Waals surface area (Å²) in [6.45, 7) is 0.120. The molecule has 0 aliphatic rings. The van der Waals surface area contributed by atoms with E-state index in [1.807, 2.05) is 0 Å². The van der Waals surface area contributed by atoms with Crippen molar-refractivity contribution in [3.8, 4) is 5.75 Å². The molecule has 0 saturated carbocycles. The first-order valence-electron chi connectivity index (χ1n) is 4.44. The highest BCUT2D eigenvalue weighted by Crippen LogP contribution is 2.30. The van der Waals surface area contributed by atoms with Gasteiger partial charge in [0.15, 0.2) is 5.75 Å². The van der Waals surface area contributed by atoms with Gasteiger partial charge in [0.25, 0.3) is 0 Å². The molecule has 0 fully saturated rings. The predicted octanol–water partition coefficient (Wildman–Crippen LogP) is 1.13. The van der Waals surface area contributed by atoms with Gasteiger partial charge in [-0.2, -0.15) is 0 Å². The summed E-state index contributed by atoms with van der Waals surface area (Å²) in [7, 11) is 0. The van der Waals surface area contributed by atoms with Gasteiger partial charge >= 0.3 is 6.36 Å². The molecule has 0 radical (unpaired) electrons. The zero-order valence-corrected chi connectivity index (χ0v) is 8.29. The largest absolute Gasteiger partial charge is 0.573 e. The third-order valence-corrected chi connectivity index (χ3v) is 1.95. The predicted molar refractivity (Wildman–Crippen MR) is 53.5 cm³/mol. The van der Waals surface area contributed by atoms with Crippen molar-refractivity contribution in [2.45, 2.75) is 12.4 Å². The van der Waals surface area contributed by atoms with Gasteiger partial charge < -0.3 is 21.9 Å². The summed E-state index contributed by atoms with van der Waals surface area (Å²) in [6.07, 6.45) is -4.78. The van der Waals surface area contributed by atoms with Crippen molar-refractivity contribution < 1.29 is 17.9 Å². The molecule has 7 heteroatoms. The van der Waals surface area contributed by atoms with Crippen LogP contribution < -0.4 is 21.9 Å². The standard InChI is InChI=1S/C9H12F3N3O/c10-9(11,12)16-8-3-5(7(15)4-13)1-2-6(8)14/h1-3,7H,4,13-15H2/t7-/m0/s1. The van der Waals surface area contributed by atoms with E-state index in [9.17, 15) is 13.2 Å². The van der Waals surface area contributed by atoms with Crippen LogP contribution in [0.4, 0.5) is 18.9 Å². The Kier molecular flexibility index (Phi) is 3.61. The fourth-order valence-corrected chi connectivity index (χ4v) is 1.13. The fourth-order valence-electron chi connectivity index (χ4n) is 1.13. The minimum absolute atomic E-state index is 0.106. The number of ether oxygens (including phenoxy) is 1. The first-order valence-corrected chi connectivity index (χ1v) is 4.44. The fraction of sp³-hybridized carbons (Fsp3) is 0.333. The van der Waals surface area contributed by atoms with Crippen molar-refractivity contribution in [1.29, 1.82) is 0 Å². The number of halogens is 3. The van der Waals surface area contributed by atoms with E-state index >= 15 is 0 Å². The van der Waals surface area contributed by atoms with Gasteiger partial charge in [0.2, 0.25) is 0 Å². The summed E-state index contributed by atoms with van der Waals surface area (Å²) < 4.78 is 39.8. The van der Waals surface area contributed by atoms with Crippen molar-refractivity contribution in [2.24, 2.45) is 11.5 Å². The SMILES string of the molecule is NC[C@H](N)c1ccc(N)c(OC(F)(F)F)c1. The molecular weight excluding hydrogens is 223 g/mol. The van der Waals surface area contributed by atoms with E-state index in [2.05, 4.69) is 4.74 Å². The summed E-state index contributed by atoms with van der Waals surface area (Å²) in [5.41, 5.74) is 16.6. The van der Waals surface area contributed by atoms with Crippen molar-refractivity contribution in [1.82, 2.24) is 0 Å². The summed E-state index contributed by atoms with van der Waals surface area (Å²) >= 11 is 0. The molecule has 1 atom stereocenters. The Hall–Kier alpha value is -1.47. The molecule has 0 spiro atoms. The highest BCUT2D eigenvalue weighted by Gasteiger charge is 2.32. The molecule has 4 nitrogen and oxygen atoms in total. The van der Waals surface area contributed by atoms with Crippen LogP contribution >= 0.6 is 0 Å². The van der Waals surface area contributed by atoms with E-state index < -0.39 is 18.2 Å². The van der Waals surface area contributed by atoms with E-state index in [1.165, 1.54) is 12.1 Å². The molecule has 6 N–H and O–H groups in total. The average Bonchev–Trinajstić information content (AvgIpc) is 2.18. The Morgan fingerprint density at radius 2 is 1.94 bits per heavy atom. The van der Waals surface area contributed by atoms with Gasteiger partial charge in [0.05, 0.1) is 5.69 Å². The first kappa shape index (κ1) is 12.6. The Morgan fingerprint density at radius 3 is 2.44 bits per heavy atom. The van der Waals surface area contributed by atoms with Crippen LogP contribution in [-0.2, 0) is 0 Å². The molecule has 1 aromatic carbocycles. The maximum atomic E-state index is 12.0. The van der Waals surface area contributed by atoms with E-state index in [1.54, 1.807) is 0 Å². The molecule has 0 aliphatic carbocycles. The molecule has 0 aliphatic heterocycles. The van der Waals surface area contributed by atoms with E-state index in [0.29, 0.717) is 5.56 Å². The Morgan fingerprint density at radius 1 is 1.31 bits per heavy atom. The van der Waals surface area contributed by atoms with E-state index in [4.69, 9.17) is 17.2 Å². The number of hydrogen-bond acceptors (Lipinski definition) is 4. The van der Waals surface area contributed by atoms with Crippen LogP contribution in [0.2, 0.25) is 0 Å². The number of nitrogen functional groups attached to an aromatic ring is 1. The highest BCUT2D eigenvalue weighted by molar-refractivity contribution is 5.54. The Labute approximate surface area is 90.2 Å². The molecular formula is C9H12F3N3O. The molecule has 0 amide bonds. The molecule has 0 heterocycles. The molecule has 0 bridgehead atoms. The minimum atomic E-state index is -4.78. The van der Waals surface area contributed by atoms with Gasteiger partial charge in [0, 0.05) is 12.6 Å². The maximum Gasteiger partial charge on any atom is 0.573 e. The quantitative estimate of drug-likeness (QED) is 0.685. The monoisotopic (exact) mass is 235 g/mol. The second-order valence-corrected chi connectivity index (χ2v) is 3.19. The van der Waals surface area contributed by atoms with Crippen molar-refractivity contribution in [2.75, 3.05) is 12.3 Å². The summed E-state index contributed by atoms with van der Waals surface area (Å²) in [5, 5.41) is 0. The number of hydrogen-bond donors (Lipinski definition) is 3. The third-order valence-electron chi connectivity index (χ3n) is 1.95. The zero-order valence-electron chi connectivity index (χ0n) is 8.29. The van der Waals surface area contributed by atoms with Crippen LogP contribution in [0.3, 0.4) is 0 Å². The molecule has 1 aromatic rings. The smallest absolute Gasteiger partial charge is 0.404 e. The summed E-state index contributed by atoms with van der Waals surface area (Å²) in [6, 6.07) is 3.40. The lowest BCUT2D eigenvalue weighted by Gasteiger charge is -2.14. The molecule has 0 saturated heterocycles. The van der Waals surface area contributed by atoms with Crippen molar-refractivity contribution >= 4 is 5.69 Å². The number of rotatable bonds is 3. The van der Waals surface area contributed by atoms with Crippen LogP contribution in [0.15, 0.2) is 18.2 Å². The molecule has 0 aromatic heterocycles. The van der Waals surface area contributed by atoms with Crippen molar-refractivity contribution in [3.63, 3.8) is 0 Å². The number of anilines is 1. The second-order valence-electron chi connectivity index (χ2n) is 3.19. The van der Waals surface area contributed by atoms with Gasteiger partial charge in [-0.05, 0) is 17.7 Å². The van der Waals surface area contributed by atoms with Crippen LogP contribution in [0.5, 0.6) is 5.75 Å². The van der Waals surface area contributed by atoms with Gasteiger partial charge in [-0.15, -0.1) is 13.2 Å². The average molecular weight is 235 g/mol. The highest BCUT2D eigenvalue weighted by atomic mass is 19.4. The van der Waals surface area contributed by atoms with Crippen LogP contribution in [0.1, 0.15) is 11.6 Å². The Balaban J connectivity index is 2.99. The second kappa shape index (κ2) is 4.58. The van der Waals surface area contributed by atoms with Crippen LogP contribution in [0, 0.1) is 0 Å². The van der Waals surface area contributed by atoms with Gasteiger partial charge in [-0.3, -0.25) is 0 Å². The van der Waals surface area contributed by atoms with Crippen molar-refractivity contribution in [3.05, 3.63) is 23.8 Å². The molecule has 90 valence electrons. The van der Waals surface area contributed by atoms with E-state index in [-0.39, 0.29) is 12.2 Å². The van der Waals surface area contributed by atoms with Crippen LogP contribution in [0.25, 0.3) is 0 Å². The molecule has 16 heavy (non-hydrogen) atoms. The normalized spacial score (nSPS) is 13.6. The van der Waals surface area contributed by atoms with E-state index in [0.717, 1.165) is 6.07 Å². The molecule has 1 rings (SSSR count). The first-order chi connectivity index (χ1) is 7.33. The summed E-state index contributed by atoms with van der Waals surface area (Å²) in [5.74, 6) is -0.464. The Bertz CT molecular complexity index is 368. The van der Waals surface area contributed by atoms with Gasteiger partial charge in [-0.1, -0.05) is 6.07 Å². The lowest BCUT2D eigenvalue weighted by Crippen LogP contribution is -2.22. The molecule has 0 unspecified atom stereocenters. The lowest BCUT2D eigenvalue weighted by atomic mass is 10.1. The number of benzene rings is 1.